The molecule has 0 bridgehead atoms. The zero-order valence-electron chi connectivity index (χ0n) is 7.99. The third-order valence-corrected chi connectivity index (χ3v) is 2.55. The van der Waals surface area contributed by atoms with E-state index in [1.165, 1.54) is 7.11 Å². The van der Waals surface area contributed by atoms with E-state index in [2.05, 4.69) is 0 Å². The van der Waals surface area contributed by atoms with Crippen LogP contribution in [0.5, 0.6) is 11.5 Å². The number of hydrogen-bond acceptors (Lipinski definition) is 3. The first kappa shape index (κ1) is 10.1. The molecule has 15 heavy (non-hydrogen) atoms. The second-order valence-electron chi connectivity index (χ2n) is 3.23. The Balaban J connectivity index is 2.53. The fourth-order valence-electron chi connectivity index (χ4n) is 1.61. The molecule has 80 valence electrons. The van der Waals surface area contributed by atoms with E-state index >= 15 is 0 Å². The van der Waals surface area contributed by atoms with Crippen LogP contribution in [0.2, 0.25) is 5.02 Å². The van der Waals surface area contributed by atoms with Crippen LogP contribution < -0.4 is 9.47 Å². The molecular weight excluding hydrogens is 220 g/mol. The molecule has 4 nitrogen and oxygen atoms in total. The fourth-order valence-corrected chi connectivity index (χ4v) is 1.83. The summed E-state index contributed by atoms with van der Waals surface area (Å²) in [6.45, 7) is 0.126. The maximum Gasteiger partial charge on any atom is 0.314 e. The van der Waals surface area contributed by atoms with E-state index in [-0.39, 0.29) is 6.61 Å². The zero-order chi connectivity index (χ0) is 11.0. The van der Waals surface area contributed by atoms with Gasteiger partial charge in [-0.1, -0.05) is 11.6 Å². The summed E-state index contributed by atoms with van der Waals surface area (Å²) in [7, 11) is 1.49. The molecular formula is C10H9ClO4. The number of carbonyl (C=O) groups is 1. The van der Waals surface area contributed by atoms with Gasteiger partial charge < -0.3 is 14.6 Å². The summed E-state index contributed by atoms with van der Waals surface area (Å²) in [5, 5.41) is 9.40. The number of carboxylic acid groups (broad SMARTS) is 1. The molecule has 0 fully saturated rings. The van der Waals surface area contributed by atoms with Gasteiger partial charge in [0.25, 0.3) is 0 Å². The van der Waals surface area contributed by atoms with Crippen molar-refractivity contribution in [2.75, 3.05) is 13.7 Å². The Labute approximate surface area is 91.4 Å². The van der Waals surface area contributed by atoms with Crippen LogP contribution in [0.15, 0.2) is 12.1 Å². The highest BCUT2D eigenvalue weighted by atomic mass is 35.5. The van der Waals surface area contributed by atoms with Gasteiger partial charge in [0, 0.05) is 16.7 Å². The van der Waals surface area contributed by atoms with Gasteiger partial charge in [-0.3, -0.25) is 4.79 Å². The highest BCUT2D eigenvalue weighted by Gasteiger charge is 2.32. The first-order valence-electron chi connectivity index (χ1n) is 4.36. The van der Waals surface area contributed by atoms with Gasteiger partial charge >= 0.3 is 5.97 Å². The molecule has 1 heterocycles. The standard InChI is InChI=1S/C10H9ClO4/c1-14-8-3-5(11)2-6-7(10(12)13)4-15-9(6)8/h2-3,7H,4H2,1H3,(H,12,13). The van der Waals surface area contributed by atoms with E-state index in [0.29, 0.717) is 22.1 Å². The summed E-state index contributed by atoms with van der Waals surface area (Å²) >= 11 is 5.85. The molecule has 0 saturated heterocycles. The highest BCUT2D eigenvalue weighted by Crippen LogP contribution is 2.43. The minimum atomic E-state index is -0.918. The predicted molar refractivity (Wildman–Crippen MR) is 53.9 cm³/mol. The third kappa shape index (κ3) is 1.61. The number of fused-ring (bicyclic) bond motifs is 1. The van der Waals surface area contributed by atoms with Crippen LogP contribution in [0, 0.1) is 0 Å². The van der Waals surface area contributed by atoms with Gasteiger partial charge in [0.05, 0.1) is 7.11 Å². The van der Waals surface area contributed by atoms with Gasteiger partial charge in [-0.25, -0.2) is 0 Å². The summed E-state index contributed by atoms with van der Waals surface area (Å²) in [5.41, 5.74) is 0.576. The van der Waals surface area contributed by atoms with Crippen molar-refractivity contribution < 1.29 is 19.4 Å². The Morgan fingerprint density at radius 3 is 3.00 bits per heavy atom. The molecule has 1 unspecified atom stereocenters. The molecule has 2 rings (SSSR count). The van der Waals surface area contributed by atoms with Gasteiger partial charge in [-0.15, -0.1) is 0 Å². The molecule has 1 atom stereocenters. The van der Waals surface area contributed by atoms with Crippen molar-refractivity contribution in [3.05, 3.63) is 22.7 Å². The number of methoxy groups -OCH3 is 1. The van der Waals surface area contributed by atoms with E-state index < -0.39 is 11.9 Å². The lowest BCUT2D eigenvalue weighted by Crippen LogP contribution is -2.12. The van der Waals surface area contributed by atoms with Crippen LogP contribution in [-0.2, 0) is 4.79 Å². The SMILES string of the molecule is COc1cc(Cl)cc2c1OCC2C(=O)O. The lowest BCUT2D eigenvalue weighted by atomic mass is 10.0. The van der Waals surface area contributed by atoms with Crippen molar-refractivity contribution in [2.45, 2.75) is 5.92 Å². The summed E-state index contributed by atoms with van der Waals surface area (Å²) in [6.07, 6.45) is 0. The number of benzene rings is 1. The van der Waals surface area contributed by atoms with E-state index in [4.69, 9.17) is 26.2 Å². The molecule has 0 aliphatic carbocycles. The van der Waals surface area contributed by atoms with Crippen molar-refractivity contribution in [1.82, 2.24) is 0 Å². The number of rotatable bonds is 2. The van der Waals surface area contributed by atoms with Crippen LogP contribution in [0.3, 0.4) is 0 Å². The summed E-state index contributed by atoms with van der Waals surface area (Å²) in [5.74, 6) is -0.624. The van der Waals surface area contributed by atoms with Gasteiger partial charge in [0.2, 0.25) is 0 Å². The number of carboxylic acids is 1. The molecule has 0 saturated carbocycles. The van der Waals surface area contributed by atoms with Crippen LogP contribution in [0.1, 0.15) is 11.5 Å². The molecule has 1 aliphatic rings. The second-order valence-corrected chi connectivity index (χ2v) is 3.66. The van der Waals surface area contributed by atoms with Gasteiger partial charge in [0.1, 0.15) is 12.5 Å². The van der Waals surface area contributed by atoms with Gasteiger partial charge in [0.15, 0.2) is 11.5 Å². The molecule has 1 aromatic carbocycles. The van der Waals surface area contributed by atoms with E-state index in [0.717, 1.165) is 0 Å². The topological polar surface area (TPSA) is 55.8 Å². The van der Waals surface area contributed by atoms with Gasteiger partial charge in [-0.05, 0) is 6.07 Å². The summed E-state index contributed by atoms with van der Waals surface area (Å²) in [6, 6.07) is 3.20. The summed E-state index contributed by atoms with van der Waals surface area (Å²) < 4.78 is 10.3. The lowest BCUT2D eigenvalue weighted by molar-refractivity contribution is -0.138. The Hall–Kier alpha value is -1.42. The summed E-state index contributed by atoms with van der Waals surface area (Å²) in [4.78, 5) is 10.9. The Bertz CT molecular complexity index is 416. The number of hydrogen-bond donors (Lipinski definition) is 1. The lowest BCUT2D eigenvalue weighted by Gasteiger charge is -2.07. The molecule has 1 aliphatic heterocycles. The van der Waals surface area contributed by atoms with Crippen molar-refractivity contribution in [3.8, 4) is 11.5 Å². The average Bonchev–Trinajstić information content (AvgIpc) is 2.59. The smallest absolute Gasteiger partial charge is 0.314 e. The largest absolute Gasteiger partial charge is 0.493 e. The first-order valence-corrected chi connectivity index (χ1v) is 4.74. The second kappa shape index (κ2) is 3.62. The van der Waals surface area contributed by atoms with Crippen molar-refractivity contribution >= 4 is 17.6 Å². The Morgan fingerprint density at radius 1 is 1.67 bits per heavy atom. The number of ether oxygens (including phenoxy) is 2. The Morgan fingerprint density at radius 2 is 2.40 bits per heavy atom. The van der Waals surface area contributed by atoms with Crippen LogP contribution in [-0.4, -0.2) is 24.8 Å². The minimum absolute atomic E-state index is 0.126. The number of aliphatic carboxylic acids is 1. The average molecular weight is 229 g/mol. The molecule has 0 spiro atoms. The molecule has 1 aromatic rings. The van der Waals surface area contributed by atoms with E-state index in [1.54, 1.807) is 12.1 Å². The molecule has 0 radical (unpaired) electrons. The van der Waals surface area contributed by atoms with Crippen LogP contribution >= 0.6 is 11.6 Å². The van der Waals surface area contributed by atoms with E-state index in [1.807, 2.05) is 0 Å². The molecule has 5 heteroatoms. The monoisotopic (exact) mass is 228 g/mol. The van der Waals surface area contributed by atoms with Crippen LogP contribution in [0.4, 0.5) is 0 Å². The Kier molecular flexibility index (Phi) is 2.44. The highest BCUT2D eigenvalue weighted by molar-refractivity contribution is 6.30. The van der Waals surface area contributed by atoms with E-state index in [9.17, 15) is 4.79 Å². The van der Waals surface area contributed by atoms with Crippen molar-refractivity contribution in [2.24, 2.45) is 0 Å². The maximum atomic E-state index is 10.9. The third-order valence-electron chi connectivity index (χ3n) is 2.34. The predicted octanol–water partition coefficient (Wildman–Crippen LogP) is 1.91. The first-order chi connectivity index (χ1) is 7.13. The molecule has 0 amide bonds. The maximum absolute atomic E-state index is 10.9. The van der Waals surface area contributed by atoms with Crippen LogP contribution in [0.25, 0.3) is 0 Å². The molecule has 1 N–H and O–H groups in total. The quantitative estimate of drug-likeness (QED) is 0.840. The minimum Gasteiger partial charge on any atom is -0.493 e. The van der Waals surface area contributed by atoms with Crippen molar-refractivity contribution in [1.29, 1.82) is 0 Å². The van der Waals surface area contributed by atoms with Gasteiger partial charge in [-0.2, -0.15) is 0 Å². The normalized spacial score (nSPS) is 18.1. The zero-order valence-corrected chi connectivity index (χ0v) is 8.75. The molecule has 0 aromatic heterocycles. The number of halogens is 1. The fraction of sp³-hybridized carbons (Fsp3) is 0.300. The van der Waals surface area contributed by atoms with Crippen molar-refractivity contribution in [3.63, 3.8) is 0 Å².